The number of aromatic nitrogens is 2. The summed E-state index contributed by atoms with van der Waals surface area (Å²) in [7, 11) is -3.28. The van der Waals surface area contributed by atoms with Crippen LogP contribution in [-0.4, -0.2) is 24.2 Å². The summed E-state index contributed by atoms with van der Waals surface area (Å²) in [5.74, 6) is 0.821. The van der Waals surface area contributed by atoms with E-state index in [1.54, 1.807) is 24.3 Å². The SMILES string of the molecule is C[C@H](c1ccccc1)n1c(Cc2cccc(S(C)(=O)=O)c2)nc2ccc(C#N)cc21. The van der Waals surface area contributed by atoms with Crippen LogP contribution in [0.25, 0.3) is 11.0 Å². The number of sulfone groups is 1. The lowest BCUT2D eigenvalue weighted by molar-refractivity contribution is 0.601. The molecule has 5 nitrogen and oxygen atoms in total. The van der Waals surface area contributed by atoms with Gasteiger partial charge in [-0.15, -0.1) is 0 Å². The van der Waals surface area contributed by atoms with Crippen molar-refractivity contribution in [1.29, 1.82) is 5.26 Å². The van der Waals surface area contributed by atoms with Crippen LogP contribution in [0.1, 0.15) is 35.5 Å². The monoisotopic (exact) mass is 415 g/mol. The molecule has 0 spiro atoms. The maximum Gasteiger partial charge on any atom is 0.175 e. The smallest absolute Gasteiger partial charge is 0.175 e. The number of fused-ring (bicyclic) bond motifs is 1. The van der Waals surface area contributed by atoms with Crippen molar-refractivity contribution in [2.75, 3.05) is 6.26 Å². The molecule has 1 aromatic heterocycles. The summed E-state index contributed by atoms with van der Waals surface area (Å²) < 4.78 is 26.1. The fraction of sp³-hybridized carbons (Fsp3) is 0.167. The molecule has 30 heavy (non-hydrogen) atoms. The van der Waals surface area contributed by atoms with Crippen LogP contribution < -0.4 is 0 Å². The highest BCUT2D eigenvalue weighted by atomic mass is 32.2. The highest BCUT2D eigenvalue weighted by molar-refractivity contribution is 7.90. The van der Waals surface area contributed by atoms with Gasteiger partial charge < -0.3 is 4.57 Å². The van der Waals surface area contributed by atoms with Crippen LogP contribution in [0.3, 0.4) is 0 Å². The van der Waals surface area contributed by atoms with Gasteiger partial charge in [-0.25, -0.2) is 13.4 Å². The molecule has 6 heteroatoms. The second-order valence-corrected chi connectivity index (χ2v) is 9.41. The zero-order valence-corrected chi connectivity index (χ0v) is 17.6. The molecule has 0 N–H and O–H groups in total. The normalized spacial score (nSPS) is 12.6. The first-order valence-corrected chi connectivity index (χ1v) is 11.5. The number of imidazole rings is 1. The quantitative estimate of drug-likeness (QED) is 0.480. The molecular weight excluding hydrogens is 394 g/mol. The Labute approximate surface area is 176 Å². The van der Waals surface area contributed by atoms with Gasteiger partial charge in [0.2, 0.25) is 0 Å². The van der Waals surface area contributed by atoms with E-state index in [1.807, 2.05) is 36.4 Å². The number of rotatable bonds is 5. The Morgan fingerprint density at radius 3 is 2.50 bits per heavy atom. The van der Waals surface area contributed by atoms with Gasteiger partial charge in [0.25, 0.3) is 0 Å². The lowest BCUT2D eigenvalue weighted by atomic mass is 10.1. The molecule has 150 valence electrons. The predicted molar refractivity (Wildman–Crippen MR) is 117 cm³/mol. The molecule has 0 saturated carbocycles. The van der Waals surface area contributed by atoms with Gasteiger partial charge in [-0.05, 0) is 48.4 Å². The van der Waals surface area contributed by atoms with Crippen LogP contribution in [-0.2, 0) is 16.3 Å². The van der Waals surface area contributed by atoms with E-state index in [0.717, 1.165) is 28.0 Å². The second kappa shape index (κ2) is 7.77. The molecule has 4 aromatic rings. The largest absolute Gasteiger partial charge is 0.320 e. The zero-order chi connectivity index (χ0) is 21.3. The molecule has 0 bridgehead atoms. The molecule has 0 amide bonds. The average Bonchev–Trinajstić information content (AvgIpc) is 3.10. The Morgan fingerprint density at radius 1 is 1.03 bits per heavy atom. The van der Waals surface area contributed by atoms with Crippen LogP contribution in [0, 0.1) is 11.3 Å². The topological polar surface area (TPSA) is 75.8 Å². The van der Waals surface area contributed by atoms with Crippen molar-refractivity contribution >= 4 is 20.9 Å². The summed E-state index contributed by atoms with van der Waals surface area (Å²) in [4.78, 5) is 5.12. The van der Waals surface area contributed by atoms with E-state index in [1.165, 1.54) is 6.26 Å². The van der Waals surface area contributed by atoms with E-state index in [2.05, 4.69) is 29.7 Å². The summed E-state index contributed by atoms with van der Waals surface area (Å²) in [6, 6.07) is 24.8. The molecule has 0 radical (unpaired) electrons. The van der Waals surface area contributed by atoms with Crippen molar-refractivity contribution in [3.63, 3.8) is 0 Å². The second-order valence-electron chi connectivity index (χ2n) is 7.40. The highest BCUT2D eigenvalue weighted by Gasteiger charge is 2.19. The summed E-state index contributed by atoms with van der Waals surface area (Å²) in [6.45, 7) is 2.10. The molecule has 1 atom stereocenters. The Hall–Kier alpha value is -3.43. The highest BCUT2D eigenvalue weighted by Crippen LogP contribution is 2.28. The van der Waals surface area contributed by atoms with Gasteiger partial charge in [-0.1, -0.05) is 42.5 Å². The third kappa shape index (κ3) is 3.85. The van der Waals surface area contributed by atoms with Crippen LogP contribution in [0.15, 0.2) is 77.7 Å². The number of benzene rings is 3. The molecular formula is C24H21N3O2S. The molecule has 0 aliphatic heterocycles. The van der Waals surface area contributed by atoms with Gasteiger partial charge in [0.1, 0.15) is 5.82 Å². The maximum absolute atomic E-state index is 12.0. The third-order valence-electron chi connectivity index (χ3n) is 5.25. The van der Waals surface area contributed by atoms with Gasteiger partial charge >= 0.3 is 0 Å². The van der Waals surface area contributed by atoms with E-state index >= 15 is 0 Å². The molecule has 0 unspecified atom stereocenters. The summed E-state index contributed by atoms with van der Waals surface area (Å²) >= 11 is 0. The van der Waals surface area contributed by atoms with Gasteiger partial charge in [-0.2, -0.15) is 5.26 Å². The van der Waals surface area contributed by atoms with Crippen LogP contribution in [0.4, 0.5) is 0 Å². The number of hydrogen-bond acceptors (Lipinski definition) is 4. The van der Waals surface area contributed by atoms with Gasteiger partial charge in [0.05, 0.1) is 33.6 Å². The van der Waals surface area contributed by atoms with E-state index in [-0.39, 0.29) is 6.04 Å². The van der Waals surface area contributed by atoms with Crippen molar-refractivity contribution in [3.05, 3.63) is 95.3 Å². The first-order chi connectivity index (χ1) is 14.4. The zero-order valence-electron chi connectivity index (χ0n) is 16.8. The average molecular weight is 416 g/mol. The molecule has 4 rings (SSSR count). The van der Waals surface area contributed by atoms with E-state index < -0.39 is 9.84 Å². The van der Waals surface area contributed by atoms with Crippen molar-refractivity contribution in [1.82, 2.24) is 9.55 Å². The summed E-state index contributed by atoms with van der Waals surface area (Å²) in [5, 5.41) is 9.36. The lowest BCUT2D eigenvalue weighted by Gasteiger charge is -2.18. The fourth-order valence-electron chi connectivity index (χ4n) is 3.72. The van der Waals surface area contributed by atoms with Crippen molar-refractivity contribution in [2.24, 2.45) is 0 Å². The number of nitriles is 1. The van der Waals surface area contributed by atoms with Crippen molar-refractivity contribution < 1.29 is 8.42 Å². The predicted octanol–water partition coefficient (Wildman–Crippen LogP) is 4.51. The van der Waals surface area contributed by atoms with Crippen molar-refractivity contribution in [3.8, 4) is 6.07 Å². The van der Waals surface area contributed by atoms with E-state index in [4.69, 9.17) is 4.98 Å². The minimum atomic E-state index is -3.28. The third-order valence-corrected chi connectivity index (χ3v) is 6.36. The maximum atomic E-state index is 12.0. The number of hydrogen-bond donors (Lipinski definition) is 0. The molecule has 1 heterocycles. The molecule has 0 aliphatic carbocycles. The van der Waals surface area contributed by atoms with Gasteiger partial charge in [-0.3, -0.25) is 0 Å². The Kier molecular flexibility index (Phi) is 5.15. The summed E-state index contributed by atoms with van der Waals surface area (Å²) in [6.07, 6.45) is 1.69. The fourth-order valence-corrected chi connectivity index (χ4v) is 4.41. The van der Waals surface area contributed by atoms with Gasteiger partial charge in [0.15, 0.2) is 9.84 Å². The van der Waals surface area contributed by atoms with E-state index in [0.29, 0.717) is 16.9 Å². The van der Waals surface area contributed by atoms with Crippen LogP contribution in [0.2, 0.25) is 0 Å². The molecule has 0 saturated heterocycles. The lowest BCUT2D eigenvalue weighted by Crippen LogP contribution is -2.11. The van der Waals surface area contributed by atoms with Crippen LogP contribution in [0.5, 0.6) is 0 Å². The molecule has 0 aliphatic rings. The standard InChI is InChI=1S/C24H21N3O2S/c1-17(20-8-4-3-5-9-20)27-23-14-19(16-25)11-12-22(23)26-24(27)15-18-7-6-10-21(13-18)30(2,28)29/h3-14,17H,15H2,1-2H3/t17-/m1/s1. The first-order valence-electron chi connectivity index (χ1n) is 9.62. The van der Waals surface area contributed by atoms with Crippen molar-refractivity contribution in [2.45, 2.75) is 24.3 Å². The summed E-state index contributed by atoms with van der Waals surface area (Å²) in [5.41, 5.74) is 4.28. The first kappa shape index (κ1) is 19.9. The van der Waals surface area contributed by atoms with Gasteiger partial charge in [0, 0.05) is 12.7 Å². The number of nitrogens with zero attached hydrogens (tertiary/aromatic N) is 3. The van der Waals surface area contributed by atoms with Crippen LogP contribution >= 0.6 is 0 Å². The molecule has 0 fully saturated rings. The molecule has 3 aromatic carbocycles. The Bertz CT molecular complexity index is 1370. The van der Waals surface area contributed by atoms with E-state index in [9.17, 15) is 13.7 Å². The Balaban J connectivity index is 1.86. The minimum Gasteiger partial charge on any atom is -0.320 e. The minimum absolute atomic E-state index is 0.00164. The Morgan fingerprint density at radius 2 is 1.80 bits per heavy atom.